The standard InChI is InChI=1S/C22H23N5O3.C2HF3O2/c28-19(12-27-20(29)13-30-18-9-4-10-23-22(18)27)24-15-6-3-5-14(11-15)21-25-16-7-1-2-8-17(16)26-21;3-2(4,5)1(6)7/h1-2,4,7-10,14-15H,3,5-6,11-13H2,(H,24,28)(H,25,26);(H,6,7). The first-order chi connectivity index (χ1) is 17.6. The Morgan fingerprint density at radius 3 is 2.68 bits per heavy atom. The minimum Gasteiger partial charge on any atom is -0.480 e. The number of carboxylic acids is 1. The number of H-pyrrole nitrogens is 1. The normalized spacial score (nSPS) is 19.3. The average molecular weight is 519 g/mol. The number of imidazole rings is 1. The molecule has 2 atom stereocenters. The first-order valence-electron chi connectivity index (χ1n) is 11.5. The van der Waals surface area contributed by atoms with Crippen LogP contribution in [0.3, 0.4) is 0 Å². The summed E-state index contributed by atoms with van der Waals surface area (Å²) in [5, 5.41) is 10.2. The molecule has 2 aromatic heterocycles. The Bertz CT molecular complexity index is 1260. The van der Waals surface area contributed by atoms with Crippen LogP contribution in [0, 0.1) is 0 Å². The Morgan fingerprint density at radius 1 is 1.19 bits per heavy atom. The topological polar surface area (TPSA) is 138 Å². The van der Waals surface area contributed by atoms with Gasteiger partial charge < -0.3 is 20.1 Å². The SMILES string of the molecule is O=C(CN1C(=O)COc2cccnc21)NC1CCCC(c2nc3ccccc3[nH]2)C1.O=C(O)C(F)(F)F. The van der Waals surface area contributed by atoms with Gasteiger partial charge in [0.2, 0.25) is 5.91 Å². The second-order valence-corrected chi connectivity index (χ2v) is 8.66. The number of aromatic amines is 1. The molecule has 2 amide bonds. The van der Waals surface area contributed by atoms with Crippen molar-refractivity contribution in [1.29, 1.82) is 0 Å². The van der Waals surface area contributed by atoms with Crippen LogP contribution in [-0.4, -0.2) is 63.2 Å². The zero-order valence-electron chi connectivity index (χ0n) is 19.5. The van der Waals surface area contributed by atoms with E-state index < -0.39 is 12.1 Å². The summed E-state index contributed by atoms with van der Waals surface area (Å²) >= 11 is 0. The molecule has 10 nitrogen and oxygen atoms in total. The predicted molar refractivity (Wildman–Crippen MR) is 125 cm³/mol. The van der Waals surface area contributed by atoms with Gasteiger partial charge in [-0.25, -0.2) is 14.8 Å². The van der Waals surface area contributed by atoms with E-state index in [1.165, 1.54) is 4.90 Å². The molecule has 1 saturated carbocycles. The maximum atomic E-state index is 12.7. The van der Waals surface area contributed by atoms with Crippen LogP contribution in [0.4, 0.5) is 19.0 Å². The number of halogens is 3. The molecule has 3 heterocycles. The van der Waals surface area contributed by atoms with E-state index in [1.807, 2.05) is 24.3 Å². The molecule has 1 fully saturated rings. The van der Waals surface area contributed by atoms with Crippen molar-refractivity contribution in [3.05, 3.63) is 48.4 Å². The third-order valence-electron chi connectivity index (χ3n) is 6.04. The highest BCUT2D eigenvalue weighted by atomic mass is 19.4. The summed E-state index contributed by atoms with van der Waals surface area (Å²) in [6, 6.07) is 11.6. The van der Waals surface area contributed by atoms with E-state index in [2.05, 4.69) is 15.3 Å². The van der Waals surface area contributed by atoms with Crippen molar-refractivity contribution in [2.24, 2.45) is 0 Å². The van der Waals surface area contributed by atoms with Crippen LogP contribution in [0.1, 0.15) is 37.4 Å². The van der Waals surface area contributed by atoms with Crippen molar-refractivity contribution in [3.63, 3.8) is 0 Å². The maximum Gasteiger partial charge on any atom is 0.490 e. The quantitative estimate of drug-likeness (QED) is 0.482. The molecule has 0 saturated heterocycles. The Kier molecular flexibility index (Phi) is 7.60. The summed E-state index contributed by atoms with van der Waals surface area (Å²) in [4.78, 5) is 47.7. The number of fused-ring (bicyclic) bond motifs is 2. The number of alkyl halides is 3. The van der Waals surface area contributed by atoms with Gasteiger partial charge in [-0.2, -0.15) is 13.2 Å². The highest BCUT2D eigenvalue weighted by Gasteiger charge is 2.38. The minimum atomic E-state index is -5.08. The van der Waals surface area contributed by atoms with Crippen LogP contribution in [0.25, 0.3) is 11.0 Å². The van der Waals surface area contributed by atoms with Crippen LogP contribution in [0.5, 0.6) is 5.75 Å². The van der Waals surface area contributed by atoms with Crippen molar-refractivity contribution in [3.8, 4) is 5.75 Å². The number of aliphatic carboxylic acids is 1. The highest BCUT2D eigenvalue weighted by molar-refractivity contribution is 6.01. The van der Waals surface area contributed by atoms with Gasteiger partial charge in [-0.3, -0.25) is 14.5 Å². The number of benzene rings is 1. The number of pyridine rings is 1. The molecule has 13 heteroatoms. The van der Waals surface area contributed by atoms with E-state index in [4.69, 9.17) is 19.6 Å². The summed E-state index contributed by atoms with van der Waals surface area (Å²) in [7, 11) is 0. The monoisotopic (exact) mass is 519 g/mol. The molecular weight excluding hydrogens is 495 g/mol. The van der Waals surface area contributed by atoms with Gasteiger partial charge in [0.1, 0.15) is 12.4 Å². The number of anilines is 1. The fourth-order valence-corrected chi connectivity index (χ4v) is 4.35. The number of hydrogen-bond donors (Lipinski definition) is 3. The summed E-state index contributed by atoms with van der Waals surface area (Å²) in [6.45, 7) is -0.137. The van der Waals surface area contributed by atoms with Gasteiger partial charge in [0.05, 0.1) is 11.0 Å². The second kappa shape index (κ2) is 10.8. The van der Waals surface area contributed by atoms with Gasteiger partial charge in [-0.05, 0) is 43.5 Å². The molecule has 37 heavy (non-hydrogen) atoms. The summed E-state index contributed by atoms with van der Waals surface area (Å²) in [6.07, 6.45) is 0.329. The van der Waals surface area contributed by atoms with Gasteiger partial charge in [-0.1, -0.05) is 18.6 Å². The zero-order chi connectivity index (χ0) is 26.6. The number of carboxylic acid groups (broad SMARTS) is 1. The van der Waals surface area contributed by atoms with Gasteiger partial charge in [-0.15, -0.1) is 0 Å². The molecule has 2 aliphatic rings. The average Bonchev–Trinajstić information content (AvgIpc) is 3.30. The van der Waals surface area contributed by atoms with Crippen molar-refractivity contribution < 1.29 is 37.4 Å². The number of nitrogens with one attached hydrogen (secondary N) is 2. The number of carbonyl (C=O) groups excluding carboxylic acids is 2. The van der Waals surface area contributed by atoms with Crippen LogP contribution in [-0.2, 0) is 14.4 Å². The Morgan fingerprint density at radius 2 is 1.95 bits per heavy atom. The molecule has 196 valence electrons. The van der Waals surface area contributed by atoms with Crippen molar-refractivity contribution in [2.75, 3.05) is 18.1 Å². The largest absolute Gasteiger partial charge is 0.490 e. The number of amides is 2. The van der Waals surface area contributed by atoms with Gasteiger partial charge >= 0.3 is 12.1 Å². The lowest BCUT2D eigenvalue weighted by Crippen LogP contribution is -2.48. The number of carbonyl (C=O) groups is 3. The summed E-state index contributed by atoms with van der Waals surface area (Å²) in [5.74, 6) is -1.02. The van der Waals surface area contributed by atoms with Gasteiger partial charge in [0.25, 0.3) is 5.91 Å². The first-order valence-corrected chi connectivity index (χ1v) is 11.5. The third kappa shape index (κ3) is 6.35. The molecule has 3 aromatic rings. The number of rotatable bonds is 4. The Hall–Kier alpha value is -4.16. The van der Waals surface area contributed by atoms with Crippen LogP contribution >= 0.6 is 0 Å². The molecule has 1 aromatic carbocycles. The maximum absolute atomic E-state index is 12.7. The highest BCUT2D eigenvalue weighted by Crippen LogP contribution is 2.33. The molecule has 5 rings (SSSR count). The zero-order valence-corrected chi connectivity index (χ0v) is 19.5. The Balaban J connectivity index is 0.000000405. The second-order valence-electron chi connectivity index (χ2n) is 8.66. The molecule has 3 N–H and O–H groups in total. The van der Waals surface area contributed by atoms with E-state index in [-0.39, 0.29) is 36.9 Å². The molecule has 1 aliphatic heterocycles. The molecule has 1 aliphatic carbocycles. The number of hydrogen-bond acceptors (Lipinski definition) is 6. The molecule has 0 spiro atoms. The lowest BCUT2D eigenvalue weighted by molar-refractivity contribution is -0.192. The molecular formula is C24H24F3N5O5. The lowest BCUT2D eigenvalue weighted by atomic mass is 9.85. The number of nitrogens with zero attached hydrogens (tertiary/aromatic N) is 3. The third-order valence-corrected chi connectivity index (χ3v) is 6.04. The molecule has 0 radical (unpaired) electrons. The fraction of sp³-hybridized carbons (Fsp3) is 0.375. The first kappa shape index (κ1) is 25.9. The van der Waals surface area contributed by atoms with Gasteiger partial charge in [0.15, 0.2) is 18.2 Å². The van der Waals surface area contributed by atoms with E-state index in [1.54, 1.807) is 18.3 Å². The van der Waals surface area contributed by atoms with Crippen molar-refractivity contribution in [2.45, 2.75) is 43.8 Å². The number of aromatic nitrogens is 3. The molecule has 0 bridgehead atoms. The summed E-state index contributed by atoms with van der Waals surface area (Å²) < 4.78 is 37.1. The van der Waals surface area contributed by atoms with Crippen LogP contribution in [0.2, 0.25) is 0 Å². The number of para-hydroxylation sites is 2. The predicted octanol–water partition coefficient (Wildman–Crippen LogP) is 3.16. The van der Waals surface area contributed by atoms with Crippen molar-refractivity contribution in [1.82, 2.24) is 20.3 Å². The van der Waals surface area contributed by atoms with E-state index in [0.717, 1.165) is 42.5 Å². The smallest absolute Gasteiger partial charge is 0.480 e. The molecule has 2 unspecified atom stereocenters. The Labute approximate surface area is 208 Å². The minimum absolute atomic E-state index is 0.0575. The van der Waals surface area contributed by atoms with E-state index >= 15 is 0 Å². The van der Waals surface area contributed by atoms with Crippen LogP contribution < -0.4 is 15.0 Å². The lowest BCUT2D eigenvalue weighted by Gasteiger charge is -2.31. The van der Waals surface area contributed by atoms with Crippen LogP contribution in [0.15, 0.2) is 42.6 Å². The van der Waals surface area contributed by atoms with E-state index in [9.17, 15) is 22.8 Å². The van der Waals surface area contributed by atoms with Crippen molar-refractivity contribution >= 4 is 34.6 Å². The summed E-state index contributed by atoms with van der Waals surface area (Å²) in [5.41, 5.74) is 2.01. The fourth-order valence-electron chi connectivity index (χ4n) is 4.35. The van der Waals surface area contributed by atoms with Gasteiger partial charge in [0, 0.05) is 18.2 Å². The van der Waals surface area contributed by atoms with E-state index in [0.29, 0.717) is 11.6 Å². The number of ether oxygens (including phenoxy) is 1.